The molecule has 1 heterocycles. The number of aliphatic hydroxyl groups excluding tert-OH is 1. The molecule has 0 spiro atoms. The van der Waals surface area contributed by atoms with Crippen molar-refractivity contribution in [2.75, 3.05) is 13.2 Å². The van der Waals surface area contributed by atoms with Gasteiger partial charge in [0.05, 0.1) is 11.8 Å². The van der Waals surface area contributed by atoms with E-state index in [1.165, 1.54) is 29.7 Å². The van der Waals surface area contributed by atoms with Crippen molar-refractivity contribution in [3.8, 4) is 0 Å². The van der Waals surface area contributed by atoms with Crippen molar-refractivity contribution < 1.29 is 24.6 Å². The molecule has 0 aromatic carbocycles. The molecule has 5 rings (SSSR count). The van der Waals surface area contributed by atoms with Crippen molar-refractivity contribution in [2.24, 2.45) is 33.7 Å². The van der Waals surface area contributed by atoms with Crippen LogP contribution in [-0.2, 0) is 14.4 Å². The number of hydrogen-bond acceptors (Lipinski definition) is 5. The van der Waals surface area contributed by atoms with Gasteiger partial charge in [-0.3, -0.25) is 4.79 Å². The average Bonchev–Trinajstić information content (AvgIpc) is 3.39. The third-order valence-electron chi connectivity index (χ3n) is 10.2. The van der Waals surface area contributed by atoms with Crippen LogP contribution in [0.1, 0.15) is 78.1 Å². The van der Waals surface area contributed by atoms with E-state index >= 15 is 0 Å². The molecule has 1 saturated heterocycles. The summed E-state index contributed by atoms with van der Waals surface area (Å²) in [7, 11) is 0. The van der Waals surface area contributed by atoms with E-state index in [2.05, 4.69) is 25.1 Å². The first-order valence-corrected chi connectivity index (χ1v) is 12.8. The lowest BCUT2D eigenvalue weighted by Crippen LogP contribution is -2.51. The normalized spacial score (nSPS) is 43.5. The van der Waals surface area contributed by atoms with Gasteiger partial charge in [0.15, 0.2) is 6.61 Å². The highest BCUT2D eigenvalue weighted by Crippen LogP contribution is 2.65. The Labute approximate surface area is 196 Å². The van der Waals surface area contributed by atoms with Gasteiger partial charge in [-0.1, -0.05) is 24.6 Å². The zero-order valence-electron chi connectivity index (χ0n) is 20.0. The third kappa shape index (κ3) is 3.71. The van der Waals surface area contributed by atoms with Crippen LogP contribution in [0.2, 0.25) is 0 Å². The first kappa shape index (κ1) is 22.9. The zero-order chi connectivity index (χ0) is 23.4. The van der Waals surface area contributed by atoms with Crippen molar-refractivity contribution in [1.29, 1.82) is 0 Å². The SMILES string of the molecule is C[C@]12CC[C@@H]3[C@H](CCC4=C/C(=N\OCC(=O)N5CCC[C@@H]5C(=O)O)CC[C@@]43C)[C@@H]1CC[C@@H]2O. The second-order valence-electron chi connectivity index (χ2n) is 11.6. The highest BCUT2D eigenvalue weighted by molar-refractivity contribution is 5.96. The van der Waals surface area contributed by atoms with Crippen LogP contribution in [-0.4, -0.2) is 58.0 Å². The first-order valence-electron chi connectivity index (χ1n) is 12.8. The third-order valence-corrected chi connectivity index (χ3v) is 10.2. The van der Waals surface area contributed by atoms with Crippen LogP contribution in [0, 0.1) is 28.6 Å². The number of carbonyl (C=O) groups is 2. The number of fused-ring (bicyclic) bond motifs is 5. The molecule has 182 valence electrons. The molecule has 4 fully saturated rings. The maximum Gasteiger partial charge on any atom is 0.326 e. The van der Waals surface area contributed by atoms with Gasteiger partial charge >= 0.3 is 5.97 Å². The van der Waals surface area contributed by atoms with Crippen LogP contribution in [0.15, 0.2) is 16.8 Å². The predicted molar refractivity (Wildman–Crippen MR) is 123 cm³/mol. The smallest absolute Gasteiger partial charge is 0.326 e. The lowest BCUT2D eigenvalue weighted by Gasteiger charge is -2.57. The quantitative estimate of drug-likeness (QED) is 0.625. The van der Waals surface area contributed by atoms with Crippen LogP contribution in [0.25, 0.3) is 0 Å². The van der Waals surface area contributed by atoms with Gasteiger partial charge in [-0.2, -0.15) is 0 Å². The van der Waals surface area contributed by atoms with Gasteiger partial charge in [0.25, 0.3) is 5.91 Å². The number of likely N-dealkylation sites (tertiary alicyclic amines) is 1. The van der Waals surface area contributed by atoms with Gasteiger partial charge in [-0.05, 0) is 98.9 Å². The Morgan fingerprint density at radius 2 is 1.94 bits per heavy atom. The monoisotopic (exact) mass is 458 g/mol. The van der Waals surface area contributed by atoms with E-state index in [1.807, 2.05) is 0 Å². The number of hydrogen-bond donors (Lipinski definition) is 2. The Kier molecular flexibility index (Phi) is 5.82. The number of nitrogens with zero attached hydrogens (tertiary/aromatic N) is 2. The molecule has 0 aromatic rings. The highest BCUT2D eigenvalue weighted by atomic mass is 16.6. The molecule has 2 N–H and O–H groups in total. The summed E-state index contributed by atoms with van der Waals surface area (Å²) in [6.45, 7) is 5.02. The van der Waals surface area contributed by atoms with E-state index in [-0.39, 0.29) is 29.4 Å². The Bertz CT molecular complexity index is 884. The number of carbonyl (C=O) groups excluding carboxylic acids is 1. The number of carboxylic acids is 1. The number of rotatable bonds is 4. The molecular weight excluding hydrogens is 420 g/mol. The molecule has 1 aliphatic heterocycles. The molecule has 7 atom stereocenters. The van der Waals surface area contributed by atoms with Gasteiger partial charge < -0.3 is 20.0 Å². The molecule has 33 heavy (non-hydrogen) atoms. The summed E-state index contributed by atoms with van der Waals surface area (Å²) >= 11 is 0. The molecule has 5 aliphatic rings. The fourth-order valence-corrected chi connectivity index (χ4v) is 8.19. The summed E-state index contributed by atoms with van der Waals surface area (Å²) in [5.74, 6) is 0.775. The van der Waals surface area contributed by atoms with E-state index < -0.39 is 12.0 Å². The van der Waals surface area contributed by atoms with E-state index in [1.54, 1.807) is 0 Å². The van der Waals surface area contributed by atoms with Crippen LogP contribution >= 0.6 is 0 Å². The summed E-state index contributed by atoms with van der Waals surface area (Å²) in [6, 6.07) is -0.736. The summed E-state index contributed by atoms with van der Waals surface area (Å²) in [5, 5.41) is 24.2. The second kappa shape index (κ2) is 8.40. The minimum Gasteiger partial charge on any atom is -0.480 e. The zero-order valence-corrected chi connectivity index (χ0v) is 20.0. The summed E-state index contributed by atoms with van der Waals surface area (Å²) in [5.41, 5.74) is 2.66. The molecule has 7 heteroatoms. The van der Waals surface area contributed by atoms with Crippen molar-refractivity contribution in [2.45, 2.75) is 90.2 Å². The molecule has 7 nitrogen and oxygen atoms in total. The van der Waals surface area contributed by atoms with Crippen molar-refractivity contribution in [3.63, 3.8) is 0 Å². The van der Waals surface area contributed by atoms with Crippen molar-refractivity contribution >= 4 is 17.6 Å². The number of amides is 1. The molecule has 0 unspecified atom stereocenters. The maximum atomic E-state index is 12.4. The number of aliphatic hydroxyl groups is 1. The van der Waals surface area contributed by atoms with E-state index in [0.717, 1.165) is 37.8 Å². The largest absolute Gasteiger partial charge is 0.480 e. The Morgan fingerprint density at radius 1 is 1.12 bits per heavy atom. The van der Waals surface area contributed by atoms with Gasteiger partial charge in [0, 0.05) is 6.54 Å². The summed E-state index contributed by atoms with van der Waals surface area (Å²) in [6.07, 6.45) is 11.9. The molecular formula is C26H38N2O5. The molecule has 0 bridgehead atoms. The minimum atomic E-state index is -0.950. The summed E-state index contributed by atoms with van der Waals surface area (Å²) < 4.78 is 0. The van der Waals surface area contributed by atoms with Crippen LogP contribution in [0.5, 0.6) is 0 Å². The van der Waals surface area contributed by atoms with Crippen LogP contribution in [0.4, 0.5) is 0 Å². The van der Waals surface area contributed by atoms with Crippen molar-refractivity contribution in [3.05, 3.63) is 11.6 Å². The van der Waals surface area contributed by atoms with E-state index in [0.29, 0.717) is 37.1 Å². The number of oxime groups is 1. The number of aliphatic carboxylic acids is 1. The Balaban J connectivity index is 1.24. The number of carboxylic acid groups (broad SMARTS) is 1. The fraction of sp³-hybridized carbons (Fsp3) is 0.808. The predicted octanol–water partition coefficient (Wildman–Crippen LogP) is 3.76. The molecule has 1 amide bonds. The number of allylic oxidation sites excluding steroid dienone is 2. The minimum absolute atomic E-state index is 0.107. The standard InChI is InChI=1S/C26H38N2O5/c1-25-11-9-17(27-33-15-23(30)28-13-3-4-21(28)24(31)32)14-16(25)5-6-18-19-7-8-22(29)26(19,2)12-10-20(18)25/h14,18-22,29H,3-13,15H2,1-2H3,(H,31,32)/b27-17-/t18-,19+,20-,21-,22+,25+,26+/m1/s1. The van der Waals surface area contributed by atoms with E-state index in [9.17, 15) is 19.8 Å². The molecule has 3 saturated carbocycles. The summed E-state index contributed by atoms with van der Waals surface area (Å²) in [4.78, 5) is 30.5. The molecule has 0 aromatic heterocycles. The van der Waals surface area contributed by atoms with Gasteiger partial charge in [0.2, 0.25) is 0 Å². The molecule has 0 radical (unpaired) electrons. The second-order valence-corrected chi connectivity index (χ2v) is 11.6. The van der Waals surface area contributed by atoms with E-state index in [4.69, 9.17) is 4.84 Å². The van der Waals surface area contributed by atoms with Crippen LogP contribution < -0.4 is 0 Å². The lowest BCUT2D eigenvalue weighted by atomic mass is 9.47. The Hall–Kier alpha value is -1.89. The topological polar surface area (TPSA) is 99.4 Å². The van der Waals surface area contributed by atoms with Gasteiger partial charge in [-0.15, -0.1) is 0 Å². The van der Waals surface area contributed by atoms with Crippen LogP contribution in [0.3, 0.4) is 0 Å². The molecule has 4 aliphatic carbocycles. The highest BCUT2D eigenvalue weighted by Gasteiger charge is 2.58. The van der Waals surface area contributed by atoms with Crippen molar-refractivity contribution in [1.82, 2.24) is 4.90 Å². The maximum absolute atomic E-state index is 12.4. The average molecular weight is 459 g/mol. The first-order chi connectivity index (χ1) is 15.7. The van der Waals surface area contributed by atoms with Gasteiger partial charge in [0.1, 0.15) is 6.04 Å². The Morgan fingerprint density at radius 3 is 2.73 bits per heavy atom. The fourth-order valence-electron chi connectivity index (χ4n) is 8.19. The van der Waals surface area contributed by atoms with Gasteiger partial charge in [-0.25, -0.2) is 4.79 Å². The lowest BCUT2D eigenvalue weighted by molar-refractivity contribution is -0.150.